The normalized spacial score (nSPS) is 10.2. The van der Waals surface area contributed by atoms with E-state index in [0.717, 1.165) is 12.8 Å². The summed E-state index contributed by atoms with van der Waals surface area (Å²) in [5.74, 6) is 0.670. The lowest BCUT2D eigenvalue weighted by Crippen LogP contribution is -1.99. The molecule has 0 aliphatic heterocycles. The lowest BCUT2D eigenvalue weighted by atomic mass is 10.2. The van der Waals surface area contributed by atoms with Crippen LogP contribution in [0, 0.1) is 12.7 Å². The van der Waals surface area contributed by atoms with E-state index in [0.29, 0.717) is 24.3 Å². The van der Waals surface area contributed by atoms with Crippen molar-refractivity contribution in [3.05, 3.63) is 29.6 Å². The fraction of sp³-hybridized carbons (Fsp3) is 0.462. The van der Waals surface area contributed by atoms with Crippen LogP contribution in [0.25, 0.3) is 0 Å². The molecular weight excluding hydrogens is 207 g/mol. The average Bonchev–Trinajstić information content (AvgIpc) is 2.22. The molecule has 0 saturated carbocycles. The van der Waals surface area contributed by atoms with Crippen LogP contribution in [-0.2, 0) is 4.79 Å². The molecule has 0 unspecified atom stereocenters. The molecule has 0 aliphatic rings. The first-order valence-corrected chi connectivity index (χ1v) is 5.48. The van der Waals surface area contributed by atoms with Gasteiger partial charge in [0.15, 0.2) is 0 Å². The van der Waals surface area contributed by atoms with Crippen LogP contribution < -0.4 is 4.74 Å². The van der Waals surface area contributed by atoms with Crippen molar-refractivity contribution in [1.82, 2.24) is 0 Å². The van der Waals surface area contributed by atoms with Gasteiger partial charge in [-0.1, -0.05) is 0 Å². The standard InChI is InChI=1S/C13H17FO2/c1-10-9-12(6-7-13(10)14)16-8-4-3-5-11(2)15/h6-7,9H,3-5,8H2,1-2H3. The summed E-state index contributed by atoms with van der Waals surface area (Å²) < 4.78 is 18.4. The largest absolute Gasteiger partial charge is 0.494 e. The number of unbranched alkanes of at least 4 members (excludes halogenated alkanes) is 1. The first-order valence-electron chi connectivity index (χ1n) is 5.48. The van der Waals surface area contributed by atoms with E-state index in [4.69, 9.17) is 4.74 Å². The third kappa shape index (κ3) is 4.43. The molecule has 88 valence electrons. The molecule has 2 nitrogen and oxygen atoms in total. The molecule has 0 N–H and O–H groups in total. The lowest BCUT2D eigenvalue weighted by Gasteiger charge is -2.06. The van der Waals surface area contributed by atoms with Gasteiger partial charge in [0.1, 0.15) is 17.3 Å². The Labute approximate surface area is 95.4 Å². The van der Waals surface area contributed by atoms with Crippen LogP contribution in [0.15, 0.2) is 18.2 Å². The lowest BCUT2D eigenvalue weighted by molar-refractivity contribution is -0.117. The summed E-state index contributed by atoms with van der Waals surface area (Å²) >= 11 is 0. The Morgan fingerprint density at radius 1 is 1.38 bits per heavy atom. The monoisotopic (exact) mass is 224 g/mol. The van der Waals surface area contributed by atoms with Gasteiger partial charge in [-0.25, -0.2) is 4.39 Å². The summed E-state index contributed by atoms with van der Waals surface area (Å²) in [6.07, 6.45) is 2.29. The van der Waals surface area contributed by atoms with E-state index in [1.807, 2.05) is 0 Å². The van der Waals surface area contributed by atoms with Crippen molar-refractivity contribution in [2.45, 2.75) is 33.1 Å². The number of carbonyl (C=O) groups excluding carboxylic acids is 1. The van der Waals surface area contributed by atoms with Crippen LogP contribution in [0.4, 0.5) is 4.39 Å². The number of halogens is 1. The molecule has 0 radical (unpaired) electrons. The minimum atomic E-state index is -0.219. The predicted octanol–water partition coefficient (Wildman–Crippen LogP) is 3.27. The predicted molar refractivity (Wildman–Crippen MR) is 61.2 cm³/mol. The highest BCUT2D eigenvalue weighted by Gasteiger charge is 2.00. The summed E-state index contributed by atoms with van der Waals surface area (Å²) in [7, 11) is 0. The molecule has 1 aromatic carbocycles. The Morgan fingerprint density at radius 3 is 2.75 bits per heavy atom. The molecule has 0 heterocycles. The average molecular weight is 224 g/mol. The number of aryl methyl sites for hydroxylation is 1. The minimum absolute atomic E-state index is 0.206. The molecular formula is C13H17FO2. The molecule has 0 aromatic heterocycles. The van der Waals surface area contributed by atoms with E-state index >= 15 is 0 Å². The van der Waals surface area contributed by atoms with E-state index in [2.05, 4.69) is 0 Å². The van der Waals surface area contributed by atoms with Crippen molar-refractivity contribution in [1.29, 1.82) is 0 Å². The van der Waals surface area contributed by atoms with Gasteiger partial charge in [0.2, 0.25) is 0 Å². The van der Waals surface area contributed by atoms with E-state index in [1.165, 1.54) is 6.07 Å². The Hall–Kier alpha value is -1.38. The molecule has 3 heteroatoms. The van der Waals surface area contributed by atoms with Crippen LogP contribution in [0.5, 0.6) is 5.75 Å². The van der Waals surface area contributed by atoms with Crippen LogP contribution in [-0.4, -0.2) is 12.4 Å². The van der Waals surface area contributed by atoms with Crippen LogP contribution in [0.1, 0.15) is 31.7 Å². The molecule has 0 fully saturated rings. The summed E-state index contributed by atoms with van der Waals surface area (Å²) in [5, 5.41) is 0. The maximum atomic E-state index is 12.9. The van der Waals surface area contributed by atoms with Gasteiger partial charge < -0.3 is 9.53 Å². The molecule has 0 amide bonds. The quantitative estimate of drug-likeness (QED) is 0.693. The summed E-state index contributed by atoms with van der Waals surface area (Å²) in [5.41, 5.74) is 0.584. The number of ether oxygens (including phenoxy) is 1. The fourth-order valence-corrected chi connectivity index (χ4v) is 1.37. The first kappa shape index (κ1) is 12.7. The van der Waals surface area contributed by atoms with Gasteiger partial charge >= 0.3 is 0 Å². The van der Waals surface area contributed by atoms with Gasteiger partial charge in [-0.15, -0.1) is 0 Å². The van der Waals surface area contributed by atoms with Crippen molar-refractivity contribution in [3.63, 3.8) is 0 Å². The number of rotatable bonds is 6. The Bertz CT molecular complexity index is 361. The maximum Gasteiger partial charge on any atom is 0.129 e. The van der Waals surface area contributed by atoms with Gasteiger partial charge in [0.05, 0.1) is 6.61 Å². The Balaban J connectivity index is 2.27. The summed E-state index contributed by atoms with van der Waals surface area (Å²) in [4.78, 5) is 10.7. The molecule has 16 heavy (non-hydrogen) atoms. The second kappa shape index (κ2) is 6.26. The smallest absolute Gasteiger partial charge is 0.129 e. The SMILES string of the molecule is CC(=O)CCCCOc1ccc(F)c(C)c1. The van der Waals surface area contributed by atoms with E-state index < -0.39 is 0 Å². The zero-order chi connectivity index (χ0) is 12.0. The van der Waals surface area contributed by atoms with Crippen molar-refractivity contribution in [3.8, 4) is 5.75 Å². The van der Waals surface area contributed by atoms with Crippen molar-refractivity contribution in [2.24, 2.45) is 0 Å². The number of hydrogen-bond donors (Lipinski definition) is 0. The molecule has 0 saturated heterocycles. The van der Waals surface area contributed by atoms with Crippen molar-refractivity contribution < 1.29 is 13.9 Å². The van der Waals surface area contributed by atoms with Crippen molar-refractivity contribution >= 4 is 5.78 Å². The van der Waals surface area contributed by atoms with Crippen LogP contribution >= 0.6 is 0 Å². The van der Waals surface area contributed by atoms with Gasteiger partial charge in [-0.05, 0) is 50.5 Å². The molecule has 0 aliphatic carbocycles. The molecule has 0 bridgehead atoms. The van der Waals surface area contributed by atoms with Gasteiger partial charge in [-0.2, -0.15) is 0 Å². The highest BCUT2D eigenvalue weighted by Crippen LogP contribution is 2.16. The van der Waals surface area contributed by atoms with E-state index in [1.54, 1.807) is 26.0 Å². The van der Waals surface area contributed by atoms with Gasteiger partial charge in [0, 0.05) is 6.42 Å². The number of Topliss-reactive ketones (excluding diaryl/α,β-unsaturated/α-hetero) is 1. The highest BCUT2D eigenvalue weighted by atomic mass is 19.1. The number of benzene rings is 1. The van der Waals surface area contributed by atoms with E-state index in [-0.39, 0.29) is 11.6 Å². The van der Waals surface area contributed by atoms with Crippen LogP contribution in [0.2, 0.25) is 0 Å². The third-order valence-electron chi connectivity index (χ3n) is 2.32. The second-order valence-electron chi connectivity index (χ2n) is 3.92. The third-order valence-corrected chi connectivity index (χ3v) is 2.32. The Morgan fingerprint density at radius 2 is 2.12 bits per heavy atom. The van der Waals surface area contributed by atoms with Gasteiger partial charge in [-0.3, -0.25) is 0 Å². The number of carbonyl (C=O) groups is 1. The van der Waals surface area contributed by atoms with Gasteiger partial charge in [0.25, 0.3) is 0 Å². The number of hydrogen-bond acceptors (Lipinski definition) is 2. The second-order valence-corrected chi connectivity index (χ2v) is 3.92. The molecule has 1 rings (SSSR count). The minimum Gasteiger partial charge on any atom is -0.494 e. The molecule has 0 atom stereocenters. The van der Waals surface area contributed by atoms with Crippen molar-refractivity contribution in [2.75, 3.05) is 6.61 Å². The topological polar surface area (TPSA) is 26.3 Å². The molecule has 0 spiro atoms. The maximum absolute atomic E-state index is 12.9. The summed E-state index contributed by atoms with van der Waals surface area (Å²) in [6.45, 7) is 3.86. The summed E-state index contributed by atoms with van der Waals surface area (Å²) in [6, 6.07) is 4.70. The van der Waals surface area contributed by atoms with Crippen LogP contribution in [0.3, 0.4) is 0 Å². The Kier molecular flexibility index (Phi) is 4.96. The highest BCUT2D eigenvalue weighted by molar-refractivity contribution is 5.75. The zero-order valence-corrected chi connectivity index (χ0v) is 9.75. The first-order chi connectivity index (χ1) is 7.59. The fourth-order valence-electron chi connectivity index (χ4n) is 1.37. The zero-order valence-electron chi connectivity index (χ0n) is 9.75. The number of ketones is 1. The van der Waals surface area contributed by atoms with E-state index in [9.17, 15) is 9.18 Å². The molecule has 1 aromatic rings.